The zero-order valence-corrected chi connectivity index (χ0v) is 30.9. The predicted octanol–water partition coefficient (Wildman–Crippen LogP) is 16.1. The molecule has 13 rings (SSSR count). The summed E-state index contributed by atoms with van der Waals surface area (Å²) in [7, 11) is 0. The van der Waals surface area contributed by atoms with Gasteiger partial charge in [0, 0.05) is 16.2 Å². The minimum absolute atomic E-state index is 0.905. The van der Waals surface area contributed by atoms with E-state index < -0.39 is 0 Å². The number of fused-ring (bicyclic) bond motifs is 18. The summed E-state index contributed by atoms with van der Waals surface area (Å²) in [4.78, 5) is 0. The number of benzene rings is 12. The molecule has 0 fully saturated rings. The summed E-state index contributed by atoms with van der Waals surface area (Å²) >= 11 is 0. The molecule has 0 amide bonds. The molecule has 12 aromatic carbocycles. The Labute approximate surface area is 327 Å². The molecule has 0 atom stereocenters. The average Bonchev–Trinajstić information content (AvgIpc) is 3.67. The van der Waals surface area contributed by atoms with Crippen LogP contribution in [0.2, 0.25) is 0 Å². The first kappa shape index (κ1) is 30.8. The van der Waals surface area contributed by atoms with Gasteiger partial charge in [0.1, 0.15) is 11.2 Å². The second-order valence-electron chi connectivity index (χ2n) is 15.4. The van der Waals surface area contributed by atoms with E-state index in [9.17, 15) is 0 Å². The maximum absolute atomic E-state index is 6.75. The van der Waals surface area contributed by atoms with Gasteiger partial charge in [0.15, 0.2) is 0 Å². The van der Waals surface area contributed by atoms with Gasteiger partial charge in [-0.1, -0.05) is 176 Å². The molecule has 0 aliphatic rings. The van der Waals surface area contributed by atoms with Gasteiger partial charge in [-0.3, -0.25) is 0 Å². The molecule has 13 aromatic rings. The summed E-state index contributed by atoms with van der Waals surface area (Å²) in [5, 5.41) is 22.4. The molecule has 1 heteroatoms. The van der Waals surface area contributed by atoms with Crippen LogP contribution in [0.5, 0.6) is 0 Å². The third kappa shape index (κ3) is 4.18. The van der Waals surface area contributed by atoms with Crippen LogP contribution in [-0.4, -0.2) is 0 Å². The first-order chi connectivity index (χ1) is 28.3. The Balaban J connectivity index is 1.16. The molecular weight excluding hydrogens is 689 g/mol. The zero-order valence-electron chi connectivity index (χ0n) is 30.9. The summed E-state index contributed by atoms with van der Waals surface area (Å²) in [6.45, 7) is 0. The second-order valence-corrected chi connectivity index (χ2v) is 15.4. The number of hydrogen-bond acceptors (Lipinski definition) is 1. The highest BCUT2D eigenvalue weighted by Gasteiger charge is 2.22. The number of furan rings is 1. The van der Waals surface area contributed by atoms with Crippen molar-refractivity contribution in [2.75, 3.05) is 0 Å². The average molecular weight is 721 g/mol. The topological polar surface area (TPSA) is 13.1 Å². The maximum atomic E-state index is 6.75. The van der Waals surface area contributed by atoms with E-state index in [4.69, 9.17) is 4.42 Å². The first-order valence-corrected chi connectivity index (χ1v) is 19.8. The van der Waals surface area contributed by atoms with Crippen LogP contribution in [0.15, 0.2) is 199 Å². The van der Waals surface area contributed by atoms with Crippen molar-refractivity contribution in [3.05, 3.63) is 194 Å². The highest BCUT2D eigenvalue weighted by atomic mass is 16.3. The Morgan fingerprint density at radius 3 is 1.19 bits per heavy atom. The van der Waals surface area contributed by atoms with Crippen LogP contribution in [0.4, 0.5) is 0 Å². The molecule has 1 heterocycles. The minimum atomic E-state index is 0.905. The fraction of sp³-hybridized carbons (Fsp3) is 0. The zero-order chi connectivity index (χ0) is 37.2. The van der Waals surface area contributed by atoms with Gasteiger partial charge in [-0.15, -0.1) is 0 Å². The fourth-order valence-electron chi connectivity index (χ4n) is 10.3. The van der Waals surface area contributed by atoms with Crippen LogP contribution < -0.4 is 0 Å². The highest BCUT2D eigenvalue weighted by molar-refractivity contribution is 6.35. The Morgan fingerprint density at radius 2 is 0.632 bits per heavy atom. The lowest BCUT2D eigenvalue weighted by Gasteiger charge is -2.20. The fourth-order valence-corrected chi connectivity index (χ4v) is 10.3. The van der Waals surface area contributed by atoms with Crippen LogP contribution in [0, 0.1) is 0 Å². The van der Waals surface area contributed by atoms with Crippen LogP contribution in [0.3, 0.4) is 0 Å². The maximum Gasteiger partial charge on any atom is 0.143 e. The molecular formula is C56H32O. The Morgan fingerprint density at radius 1 is 0.246 bits per heavy atom. The van der Waals surface area contributed by atoms with Gasteiger partial charge in [0.05, 0.1) is 0 Å². The quantitative estimate of drug-likeness (QED) is 0.128. The SMILES string of the molecule is c1ccc2c(-c3cc4c5ccccc5c5ccccc5c4c4ccccc34)c3ccccc3c(-c3ccc4oc5c6ccccc6c6ccccc6c5c4c3)c2c1. The summed E-state index contributed by atoms with van der Waals surface area (Å²) in [6.07, 6.45) is 0. The molecule has 0 bridgehead atoms. The van der Waals surface area contributed by atoms with E-state index in [1.165, 1.54) is 108 Å². The van der Waals surface area contributed by atoms with Crippen molar-refractivity contribution in [3.8, 4) is 22.3 Å². The first-order valence-electron chi connectivity index (χ1n) is 19.8. The molecule has 0 unspecified atom stereocenters. The van der Waals surface area contributed by atoms with E-state index in [0.717, 1.165) is 21.9 Å². The lowest BCUT2D eigenvalue weighted by molar-refractivity contribution is 0.673. The molecule has 1 aromatic heterocycles. The van der Waals surface area contributed by atoms with E-state index >= 15 is 0 Å². The molecule has 0 saturated heterocycles. The van der Waals surface area contributed by atoms with Crippen LogP contribution in [0.1, 0.15) is 0 Å². The van der Waals surface area contributed by atoms with E-state index in [1.807, 2.05) is 0 Å². The monoisotopic (exact) mass is 720 g/mol. The van der Waals surface area contributed by atoms with Crippen molar-refractivity contribution in [1.29, 1.82) is 0 Å². The van der Waals surface area contributed by atoms with Gasteiger partial charge in [-0.25, -0.2) is 0 Å². The van der Waals surface area contributed by atoms with Crippen molar-refractivity contribution < 1.29 is 4.42 Å². The Hall–Kier alpha value is -7.48. The van der Waals surface area contributed by atoms with Crippen molar-refractivity contribution in [1.82, 2.24) is 0 Å². The van der Waals surface area contributed by atoms with Crippen LogP contribution in [-0.2, 0) is 0 Å². The van der Waals surface area contributed by atoms with Gasteiger partial charge >= 0.3 is 0 Å². The third-order valence-corrected chi connectivity index (χ3v) is 12.6. The minimum Gasteiger partial charge on any atom is -0.455 e. The van der Waals surface area contributed by atoms with Gasteiger partial charge in [0.2, 0.25) is 0 Å². The second kappa shape index (κ2) is 11.5. The predicted molar refractivity (Wildman–Crippen MR) is 245 cm³/mol. The van der Waals surface area contributed by atoms with Crippen LogP contribution in [0.25, 0.3) is 130 Å². The summed E-state index contributed by atoms with van der Waals surface area (Å²) in [5.74, 6) is 0. The normalized spacial score (nSPS) is 12.2. The van der Waals surface area contributed by atoms with E-state index in [-0.39, 0.29) is 0 Å². The van der Waals surface area contributed by atoms with Crippen molar-refractivity contribution in [2.45, 2.75) is 0 Å². The van der Waals surface area contributed by atoms with E-state index in [0.29, 0.717) is 0 Å². The van der Waals surface area contributed by atoms with Gasteiger partial charge in [-0.05, 0) is 121 Å². The summed E-state index contributed by atoms with van der Waals surface area (Å²) < 4.78 is 6.75. The van der Waals surface area contributed by atoms with E-state index in [1.54, 1.807) is 0 Å². The Bertz CT molecular complexity index is 3810. The third-order valence-electron chi connectivity index (χ3n) is 12.6. The lowest BCUT2D eigenvalue weighted by atomic mass is 9.82. The van der Waals surface area contributed by atoms with Crippen molar-refractivity contribution in [3.63, 3.8) is 0 Å². The molecule has 0 aliphatic carbocycles. The van der Waals surface area contributed by atoms with Crippen molar-refractivity contribution in [2.24, 2.45) is 0 Å². The number of hydrogen-bond donors (Lipinski definition) is 0. The van der Waals surface area contributed by atoms with Gasteiger partial charge in [0.25, 0.3) is 0 Å². The summed E-state index contributed by atoms with van der Waals surface area (Å²) in [5.41, 5.74) is 6.81. The highest BCUT2D eigenvalue weighted by Crippen LogP contribution is 2.49. The molecule has 57 heavy (non-hydrogen) atoms. The van der Waals surface area contributed by atoms with Crippen LogP contribution >= 0.6 is 0 Å². The van der Waals surface area contributed by atoms with Gasteiger partial charge < -0.3 is 4.42 Å². The summed E-state index contributed by atoms with van der Waals surface area (Å²) in [6, 6.07) is 71.5. The standard InChI is InChI=1S/C56H32O/c1-2-19-38-34(15-1)35-16-3-7-21-40(35)53-41-22-8-5-20-39(41)49(32-48(38)53)54-45-26-12-10-24-43(45)52(44-25-11-13-27-46(44)54)33-29-30-51-50(31-33)55-42-23-9-4-17-36(42)37-18-6-14-28-47(37)56(55)57-51/h1-32H. The number of rotatable bonds is 2. The Kier molecular flexibility index (Phi) is 6.23. The molecule has 0 saturated carbocycles. The molecule has 0 aliphatic heterocycles. The molecule has 1 nitrogen and oxygen atoms in total. The van der Waals surface area contributed by atoms with Crippen molar-refractivity contribution >= 4 is 108 Å². The molecule has 0 spiro atoms. The molecule has 0 N–H and O–H groups in total. The van der Waals surface area contributed by atoms with Gasteiger partial charge in [-0.2, -0.15) is 0 Å². The lowest BCUT2D eigenvalue weighted by Crippen LogP contribution is -1.93. The van der Waals surface area contributed by atoms with E-state index in [2.05, 4.69) is 194 Å². The molecule has 0 radical (unpaired) electrons. The molecule has 262 valence electrons. The largest absolute Gasteiger partial charge is 0.455 e. The smallest absolute Gasteiger partial charge is 0.143 e.